The van der Waals surface area contributed by atoms with Crippen molar-refractivity contribution in [2.75, 3.05) is 44.3 Å². The van der Waals surface area contributed by atoms with Crippen molar-refractivity contribution < 1.29 is 4.74 Å². The Bertz CT molecular complexity index is 715. The largest absolute Gasteiger partial charge is 0.379 e. The van der Waals surface area contributed by atoms with Crippen LogP contribution in [0.4, 0.5) is 5.95 Å². The van der Waals surface area contributed by atoms with Crippen molar-refractivity contribution in [1.82, 2.24) is 24.4 Å². The molecule has 2 aromatic rings. The third kappa shape index (κ3) is 3.52. The van der Waals surface area contributed by atoms with Crippen molar-refractivity contribution in [3.63, 3.8) is 0 Å². The third-order valence-corrected chi connectivity index (χ3v) is 5.29. The summed E-state index contributed by atoms with van der Waals surface area (Å²) in [7, 11) is 2.05. The molecule has 0 aromatic carbocycles. The molecule has 0 amide bonds. The summed E-state index contributed by atoms with van der Waals surface area (Å²) >= 11 is 0. The second kappa shape index (κ2) is 6.72. The van der Waals surface area contributed by atoms with E-state index >= 15 is 0 Å². The molecular weight excluding hydrogens is 316 g/mol. The van der Waals surface area contributed by atoms with Crippen molar-refractivity contribution in [1.29, 1.82) is 0 Å². The van der Waals surface area contributed by atoms with Gasteiger partial charge in [-0.2, -0.15) is 0 Å². The fraction of sp³-hybridized carbons (Fsp3) is 0.611. The van der Waals surface area contributed by atoms with Crippen LogP contribution >= 0.6 is 0 Å². The first-order valence-electron chi connectivity index (χ1n) is 8.93. The Kier molecular flexibility index (Phi) is 4.43. The van der Waals surface area contributed by atoms with Gasteiger partial charge in [-0.15, -0.1) is 0 Å². The average molecular weight is 342 g/mol. The van der Waals surface area contributed by atoms with Crippen LogP contribution in [0.1, 0.15) is 17.8 Å². The molecule has 0 aliphatic carbocycles. The van der Waals surface area contributed by atoms with Gasteiger partial charge in [0.15, 0.2) is 0 Å². The van der Waals surface area contributed by atoms with E-state index in [1.54, 1.807) is 0 Å². The molecule has 7 nitrogen and oxygen atoms in total. The van der Waals surface area contributed by atoms with Crippen molar-refractivity contribution in [2.45, 2.75) is 19.9 Å². The number of likely N-dealkylation sites (tertiary alicyclic amines) is 1. The van der Waals surface area contributed by atoms with Crippen molar-refractivity contribution >= 4 is 5.95 Å². The Balaban J connectivity index is 1.47. The van der Waals surface area contributed by atoms with Crippen LogP contribution in [0.15, 0.2) is 24.8 Å². The van der Waals surface area contributed by atoms with Crippen LogP contribution in [0.2, 0.25) is 0 Å². The van der Waals surface area contributed by atoms with Gasteiger partial charge in [0.05, 0.1) is 19.8 Å². The predicted molar refractivity (Wildman–Crippen MR) is 95.3 cm³/mol. The summed E-state index contributed by atoms with van der Waals surface area (Å²) in [5, 5.41) is 0. The predicted octanol–water partition coefficient (Wildman–Crippen LogP) is 1.25. The topological polar surface area (TPSA) is 59.3 Å². The van der Waals surface area contributed by atoms with Crippen molar-refractivity contribution in [3.8, 4) is 0 Å². The SMILES string of the molecule is Cc1cnc(N2CCOCC3(CCN(Cc4nccn4C)C3)C2)nc1. The maximum Gasteiger partial charge on any atom is 0.225 e. The van der Waals surface area contributed by atoms with E-state index < -0.39 is 0 Å². The first-order valence-corrected chi connectivity index (χ1v) is 8.93. The van der Waals surface area contributed by atoms with E-state index in [4.69, 9.17) is 4.74 Å². The van der Waals surface area contributed by atoms with Crippen molar-refractivity contribution in [2.24, 2.45) is 12.5 Å². The lowest BCUT2D eigenvalue weighted by Crippen LogP contribution is -2.41. The molecule has 2 aliphatic rings. The van der Waals surface area contributed by atoms with Gasteiger partial charge >= 0.3 is 0 Å². The maximum absolute atomic E-state index is 5.97. The maximum atomic E-state index is 5.97. The van der Waals surface area contributed by atoms with Gasteiger partial charge in [-0.05, 0) is 25.5 Å². The monoisotopic (exact) mass is 342 g/mol. The van der Waals surface area contributed by atoms with Crippen LogP contribution in [0, 0.1) is 12.3 Å². The fourth-order valence-corrected chi connectivity index (χ4v) is 3.87. The zero-order valence-electron chi connectivity index (χ0n) is 15.1. The van der Waals surface area contributed by atoms with Gasteiger partial charge in [-0.3, -0.25) is 4.90 Å². The van der Waals surface area contributed by atoms with Gasteiger partial charge in [-0.1, -0.05) is 0 Å². The lowest BCUT2D eigenvalue weighted by atomic mass is 9.87. The van der Waals surface area contributed by atoms with E-state index in [0.717, 1.165) is 69.7 Å². The molecular formula is C18H26N6O. The van der Waals surface area contributed by atoms with Crippen LogP contribution in [0.5, 0.6) is 0 Å². The highest BCUT2D eigenvalue weighted by molar-refractivity contribution is 5.31. The third-order valence-electron chi connectivity index (χ3n) is 5.29. The number of rotatable bonds is 3. The fourth-order valence-electron chi connectivity index (χ4n) is 3.87. The van der Waals surface area contributed by atoms with E-state index in [2.05, 4.69) is 36.4 Å². The number of imidazole rings is 1. The molecule has 0 bridgehead atoms. The molecule has 2 fully saturated rings. The first kappa shape index (κ1) is 16.5. The molecule has 2 aliphatic heterocycles. The van der Waals surface area contributed by atoms with E-state index in [1.165, 1.54) is 0 Å². The highest BCUT2D eigenvalue weighted by Gasteiger charge is 2.41. The minimum Gasteiger partial charge on any atom is -0.379 e. The molecule has 0 saturated carbocycles. The Morgan fingerprint density at radius 1 is 1.16 bits per heavy atom. The summed E-state index contributed by atoms with van der Waals surface area (Å²) in [6, 6.07) is 0. The number of aryl methyl sites for hydroxylation is 2. The van der Waals surface area contributed by atoms with Gasteiger partial charge in [0.2, 0.25) is 5.95 Å². The number of anilines is 1. The van der Waals surface area contributed by atoms with Gasteiger partial charge < -0.3 is 14.2 Å². The first-order chi connectivity index (χ1) is 12.1. The standard InChI is InChI=1S/C18H26N6O/c1-15-9-20-17(21-10-15)24-7-8-25-14-18(13-24)3-5-23(12-18)11-16-19-4-6-22(16)2/h4,6,9-10H,3,5,7-8,11-14H2,1-2H3. The summed E-state index contributed by atoms with van der Waals surface area (Å²) in [6.07, 6.45) is 8.80. The zero-order chi connectivity index (χ0) is 17.3. The Hall–Kier alpha value is -1.99. The van der Waals surface area contributed by atoms with E-state index in [1.807, 2.05) is 31.7 Å². The summed E-state index contributed by atoms with van der Waals surface area (Å²) in [5.41, 5.74) is 1.24. The van der Waals surface area contributed by atoms with Gasteiger partial charge in [0.1, 0.15) is 5.82 Å². The molecule has 0 radical (unpaired) electrons. The normalized spacial score (nSPS) is 24.8. The average Bonchev–Trinajstić information content (AvgIpc) is 3.11. The Morgan fingerprint density at radius 3 is 2.76 bits per heavy atom. The van der Waals surface area contributed by atoms with E-state index in [9.17, 15) is 0 Å². The Labute approximate surface area is 148 Å². The van der Waals surface area contributed by atoms with Crippen LogP contribution in [0.25, 0.3) is 0 Å². The van der Waals surface area contributed by atoms with Gasteiger partial charge in [0.25, 0.3) is 0 Å². The zero-order valence-corrected chi connectivity index (χ0v) is 15.1. The molecule has 4 heterocycles. The number of ether oxygens (including phenoxy) is 1. The summed E-state index contributed by atoms with van der Waals surface area (Å²) in [6.45, 7) is 8.37. The second-order valence-corrected chi connectivity index (χ2v) is 7.45. The highest BCUT2D eigenvalue weighted by Crippen LogP contribution is 2.34. The van der Waals surface area contributed by atoms with Crippen LogP contribution in [-0.4, -0.2) is 63.8 Å². The number of aromatic nitrogens is 4. The molecule has 2 aromatic heterocycles. The molecule has 7 heteroatoms. The molecule has 25 heavy (non-hydrogen) atoms. The highest BCUT2D eigenvalue weighted by atomic mass is 16.5. The molecule has 134 valence electrons. The minimum atomic E-state index is 0.149. The smallest absolute Gasteiger partial charge is 0.225 e. The summed E-state index contributed by atoms with van der Waals surface area (Å²) in [4.78, 5) is 18.3. The van der Waals surface area contributed by atoms with E-state index in [0.29, 0.717) is 0 Å². The van der Waals surface area contributed by atoms with Gasteiger partial charge in [-0.25, -0.2) is 15.0 Å². The summed E-state index contributed by atoms with van der Waals surface area (Å²) in [5.74, 6) is 1.93. The van der Waals surface area contributed by atoms with E-state index in [-0.39, 0.29) is 5.41 Å². The lowest BCUT2D eigenvalue weighted by molar-refractivity contribution is 0.0727. The number of hydrogen-bond acceptors (Lipinski definition) is 6. The second-order valence-electron chi connectivity index (χ2n) is 7.45. The van der Waals surface area contributed by atoms with Crippen LogP contribution in [0.3, 0.4) is 0 Å². The van der Waals surface area contributed by atoms with Crippen LogP contribution < -0.4 is 4.90 Å². The minimum absolute atomic E-state index is 0.149. The quantitative estimate of drug-likeness (QED) is 0.837. The lowest BCUT2D eigenvalue weighted by Gasteiger charge is -2.32. The summed E-state index contributed by atoms with van der Waals surface area (Å²) < 4.78 is 8.07. The number of nitrogens with zero attached hydrogens (tertiary/aromatic N) is 6. The van der Waals surface area contributed by atoms with Gasteiger partial charge in [0, 0.05) is 56.9 Å². The van der Waals surface area contributed by atoms with Crippen molar-refractivity contribution in [3.05, 3.63) is 36.2 Å². The molecule has 0 N–H and O–H groups in total. The molecule has 1 atom stereocenters. The number of hydrogen-bond donors (Lipinski definition) is 0. The molecule has 1 unspecified atom stereocenters. The van der Waals surface area contributed by atoms with Crippen LogP contribution in [-0.2, 0) is 18.3 Å². The molecule has 4 rings (SSSR count). The molecule has 2 saturated heterocycles. The Morgan fingerprint density at radius 2 is 2.00 bits per heavy atom. The molecule has 1 spiro atoms.